The number of hydrogen-bond donors (Lipinski definition) is 2. The van der Waals surface area contributed by atoms with Gasteiger partial charge >= 0.3 is 0 Å². The number of nitrogens with zero attached hydrogens (tertiary/aromatic N) is 3. The molecule has 4 aromatic rings. The molecule has 0 fully saturated rings. The van der Waals surface area contributed by atoms with E-state index in [0.717, 1.165) is 21.0 Å². The highest BCUT2D eigenvalue weighted by molar-refractivity contribution is 8.00. The minimum absolute atomic E-state index is 0.158. The molecule has 0 aliphatic rings. The van der Waals surface area contributed by atoms with Crippen molar-refractivity contribution in [1.29, 1.82) is 0 Å². The smallest absolute Gasteiger partial charge is 0.232 e. The number of benzene rings is 1. The number of rotatable bonds is 7. The first kappa shape index (κ1) is 21.3. The number of thiazole rings is 1. The van der Waals surface area contributed by atoms with Gasteiger partial charge in [-0.1, -0.05) is 47.2 Å². The van der Waals surface area contributed by atoms with Crippen molar-refractivity contribution in [2.24, 2.45) is 0 Å². The lowest BCUT2D eigenvalue weighted by atomic mass is 10.2. The Kier molecular flexibility index (Phi) is 6.81. The van der Waals surface area contributed by atoms with Crippen molar-refractivity contribution in [3.63, 3.8) is 0 Å². The molecular formula is C22H18ClN5OS2. The summed E-state index contributed by atoms with van der Waals surface area (Å²) in [6.07, 6.45) is 3.58. The first-order valence-corrected chi connectivity index (χ1v) is 11.4. The van der Waals surface area contributed by atoms with Crippen LogP contribution in [0.15, 0.2) is 71.9 Å². The first-order chi connectivity index (χ1) is 15.1. The Morgan fingerprint density at radius 3 is 2.71 bits per heavy atom. The van der Waals surface area contributed by atoms with Gasteiger partial charge in [-0.25, -0.2) is 9.97 Å². The Morgan fingerprint density at radius 2 is 1.94 bits per heavy atom. The highest BCUT2D eigenvalue weighted by Gasteiger charge is 2.15. The first-order valence-electron chi connectivity index (χ1n) is 9.39. The van der Waals surface area contributed by atoms with Crippen LogP contribution in [0, 0.1) is 6.92 Å². The largest absolute Gasteiger partial charge is 0.323 e. The van der Waals surface area contributed by atoms with E-state index in [1.54, 1.807) is 12.4 Å². The van der Waals surface area contributed by atoms with E-state index < -0.39 is 0 Å². The fraction of sp³-hybridized carbons (Fsp3) is 0.0909. The maximum absolute atomic E-state index is 12.3. The van der Waals surface area contributed by atoms with Gasteiger partial charge in [-0.3, -0.25) is 9.78 Å². The third-order valence-corrected chi connectivity index (χ3v) is 6.49. The Hall–Kier alpha value is -2.94. The van der Waals surface area contributed by atoms with Crippen molar-refractivity contribution >= 4 is 51.6 Å². The summed E-state index contributed by atoms with van der Waals surface area (Å²) in [5.41, 5.74) is 3.10. The number of nitrogens with one attached hydrogen (secondary N) is 2. The fourth-order valence-corrected chi connectivity index (χ4v) is 4.64. The van der Waals surface area contributed by atoms with E-state index in [4.69, 9.17) is 11.6 Å². The van der Waals surface area contributed by atoms with Crippen molar-refractivity contribution in [2.75, 3.05) is 10.0 Å². The molecule has 1 amide bonds. The minimum Gasteiger partial charge on any atom is -0.323 e. The van der Waals surface area contributed by atoms with Gasteiger partial charge in [0.25, 0.3) is 0 Å². The van der Waals surface area contributed by atoms with Crippen LogP contribution in [0.3, 0.4) is 0 Å². The van der Waals surface area contributed by atoms with Crippen LogP contribution in [0.4, 0.5) is 10.8 Å². The molecule has 0 atom stereocenters. The number of halogens is 1. The van der Waals surface area contributed by atoms with Crippen LogP contribution in [0.2, 0.25) is 5.15 Å². The van der Waals surface area contributed by atoms with Gasteiger partial charge in [-0.15, -0.1) is 0 Å². The van der Waals surface area contributed by atoms with Gasteiger partial charge in [0.1, 0.15) is 0 Å². The third-order valence-electron chi connectivity index (χ3n) is 4.23. The predicted octanol–water partition coefficient (Wildman–Crippen LogP) is 5.86. The van der Waals surface area contributed by atoms with E-state index in [2.05, 4.69) is 25.0 Å². The summed E-state index contributed by atoms with van der Waals surface area (Å²) < 4.78 is 3.25. The number of aromatic nitrogens is 3. The van der Waals surface area contributed by atoms with Gasteiger partial charge in [0.2, 0.25) is 5.91 Å². The van der Waals surface area contributed by atoms with Crippen molar-refractivity contribution < 1.29 is 4.79 Å². The summed E-state index contributed by atoms with van der Waals surface area (Å²) in [4.78, 5) is 27.3. The molecule has 0 aliphatic carbocycles. The Balaban J connectivity index is 1.48. The average Bonchev–Trinajstić information content (AvgIpc) is 3.14. The van der Waals surface area contributed by atoms with E-state index in [-0.39, 0.29) is 12.3 Å². The van der Waals surface area contributed by atoms with Crippen LogP contribution in [0.1, 0.15) is 11.4 Å². The summed E-state index contributed by atoms with van der Waals surface area (Å²) in [6, 6.07) is 17.4. The maximum atomic E-state index is 12.3. The van der Waals surface area contributed by atoms with Gasteiger partial charge in [-0.2, -0.15) is 0 Å². The third kappa shape index (κ3) is 5.61. The van der Waals surface area contributed by atoms with Crippen LogP contribution in [0.5, 0.6) is 0 Å². The highest BCUT2D eigenvalue weighted by atomic mass is 35.5. The highest BCUT2D eigenvalue weighted by Crippen LogP contribution is 2.36. The molecule has 6 nitrogen and oxygen atoms in total. The number of carbonyl (C=O) groups excluding carboxylic acids is 1. The zero-order valence-electron chi connectivity index (χ0n) is 16.5. The number of pyridine rings is 2. The molecule has 31 heavy (non-hydrogen) atoms. The van der Waals surface area contributed by atoms with Crippen LogP contribution >= 0.6 is 34.9 Å². The van der Waals surface area contributed by atoms with Gasteiger partial charge in [-0.05, 0) is 49.2 Å². The van der Waals surface area contributed by atoms with Gasteiger partial charge in [0, 0.05) is 28.5 Å². The molecule has 3 aromatic heterocycles. The summed E-state index contributed by atoms with van der Waals surface area (Å²) in [5.74, 6) is -0.158. The maximum Gasteiger partial charge on any atom is 0.232 e. The molecule has 0 saturated heterocycles. The van der Waals surface area contributed by atoms with Gasteiger partial charge in [0.15, 0.2) is 10.3 Å². The average molecular weight is 468 g/mol. The monoisotopic (exact) mass is 467 g/mol. The second kappa shape index (κ2) is 9.91. The van der Waals surface area contributed by atoms with E-state index in [9.17, 15) is 4.79 Å². The summed E-state index contributed by atoms with van der Waals surface area (Å²) >= 11 is 9.14. The topological polar surface area (TPSA) is 79.8 Å². The SMILES string of the molecule is Cc1nc(NC(=O)Cc2ccccn2)sc1-c1cnc(Cl)c(NSc2ccccc2)c1. The molecule has 9 heteroatoms. The lowest BCUT2D eigenvalue weighted by molar-refractivity contribution is -0.115. The van der Waals surface area contributed by atoms with Crippen LogP contribution < -0.4 is 10.0 Å². The van der Waals surface area contributed by atoms with Crippen LogP contribution in [-0.4, -0.2) is 20.9 Å². The van der Waals surface area contributed by atoms with Gasteiger partial charge in [0.05, 0.1) is 22.7 Å². The van der Waals surface area contributed by atoms with Gasteiger partial charge < -0.3 is 10.0 Å². The van der Waals surface area contributed by atoms with E-state index in [0.29, 0.717) is 21.7 Å². The van der Waals surface area contributed by atoms with E-state index >= 15 is 0 Å². The summed E-state index contributed by atoms with van der Waals surface area (Å²) in [7, 11) is 0. The number of amides is 1. The summed E-state index contributed by atoms with van der Waals surface area (Å²) in [5, 5.41) is 3.78. The molecule has 0 saturated carbocycles. The lowest BCUT2D eigenvalue weighted by Crippen LogP contribution is -2.14. The molecule has 0 aliphatic heterocycles. The molecule has 0 unspecified atom stereocenters. The standard InChI is InChI=1S/C22H18ClN5OS2/c1-14-20(30-22(26-14)27-19(29)12-16-7-5-6-10-24-16)15-11-18(21(23)25-13-15)28-31-17-8-3-2-4-9-17/h2-11,13,28H,12H2,1H3,(H,26,27,29). The van der Waals surface area contributed by atoms with E-state index in [1.165, 1.54) is 23.3 Å². The molecule has 4 rings (SSSR count). The minimum atomic E-state index is -0.158. The molecule has 0 radical (unpaired) electrons. The molecule has 0 spiro atoms. The molecular weight excluding hydrogens is 450 g/mol. The molecule has 3 heterocycles. The van der Waals surface area contributed by atoms with E-state index in [1.807, 2.05) is 61.5 Å². The number of aryl methyl sites for hydroxylation is 1. The molecule has 156 valence electrons. The number of anilines is 2. The molecule has 1 aromatic carbocycles. The van der Waals surface area contributed by atoms with Crippen molar-refractivity contribution in [3.05, 3.63) is 83.5 Å². The van der Waals surface area contributed by atoms with Crippen LogP contribution in [0.25, 0.3) is 10.4 Å². The number of hydrogen-bond acceptors (Lipinski definition) is 7. The van der Waals surface area contributed by atoms with Crippen molar-refractivity contribution in [1.82, 2.24) is 15.0 Å². The van der Waals surface area contributed by atoms with Crippen molar-refractivity contribution in [2.45, 2.75) is 18.2 Å². The Bertz CT molecular complexity index is 1190. The van der Waals surface area contributed by atoms with Crippen LogP contribution in [-0.2, 0) is 11.2 Å². The quantitative estimate of drug-likeness (QED) is 0.261. The molecule has 2 N–H and O–H groups in total. The Labute approximate surface area is 193 Å². The lowest BCUT2D eigenvalue weighted by Gasteiger charge is -2.08. The second-order valence-corrected chi connectivity index (χ2v) is 8.80. The zero-order chi connectivity index (χ0) is 21.6. The number of carbonyl (C=O) groups is 1. The fourth-order valence-electron chi connectivity index (χ4n) is 2.79. The zero-order valence-corrected chi connectivity index (χ0v) is 18.9. The second-order valence-electron chi connectivity index (χ2n) is 6.56. The van der Waals surface area contributed by atoms with Crippen molar-refractivity contribution in [3.8, 4) is 10.4 Å². The molecule has 0 bridgehead atoms. The summed E-state index contributed by atoms with van der Waals surface area (Å²) in [6.45, 7) is 1.90. The normalized spacial score (nSPS) is 10.6. The Morgan fingerprint density at radius 1 is 1.13 bits per heavy atom. The predicted molar refractivity (Wildman–Crippen MR) is 128 cm³/mol.